The molecule has 0 amide bonds. The van der Waals surface area contributed by atoms with Gasteiger partial charge in [-0.15, -0.1) is 23.7 Å². The molecule has 0 radical (unpaired) electrons. The zero-order chi connectivity index (χ0) is 14.5. The number of nitrogens with zero attached hydrogens (tertiary/aromatic N) is 2. The Morgan fingerprint density at radius 2 is 2.14 bits per heavy atom. The molecule has 4 nitrogen and oxygen atoms in total. The lowest BCUT2D eigenvalue weighted by Crippen LogP contribution is -2.41. The van der Waals surface area contributed by atoms with Gasteiger partial charge in [-0.2, -0.15) is 0 Å². The molecule has 3 rings (SSSR count). The number of morpholine rings is 1. The highest BCUT2D eigenvalue weighted by atomic mass is 35.5. The predicted octanol–water partition coefficient (Wildman–Crippen LogP) is 2.98. The second kappa shape index (κ2) is 8.48. The minimum Gasteiger partial charge on any atom is -0.376 e. The topological polar surface area (TPSA) is 51.4 Å². The first-order valence-electron chi connectivity index (χ1n) is 7.37. The van der Waals surface area contributed by atoms with Crippen LogP contribution in [0.2, 0.25) is 0 Å². The molecule has 2 heterocycles. The van der Waals surface area contributed by atoms with Gasteiger partial charge in [0.05, 0.1) is 12.7 Å². The molecule has 22 heavy (non-hydrogen) atoms. The molecule has 0 spiro atoms. The van der Waals surface area contributed by atoms with E-state index in [1.807, 2.05) is 6.20 Å². The first kappa shape index (κ1) is 17.2. The molecule has 2 aromatic rings. The third-order valence-corrected chi connectivity index (χ3v) is 4.58. The second-order valence-electron chi connectivity index (χ2n) is 5.42. The Balaban J connectivity index is 0.00000176. The number of hydrogen-bond donors (Lipinski definition) is 1. The third kappa shape index (κ3) is 4.95. The van der Waals surface area contributed by atoms with Crippen molar-refractivity contribution in [1.82, 2.24) is 9.88 Å². The van der Waals surface area contributed by atoms with Crippen molar-refractivity contribution in [2.75, 3.05) is 25.4 Å². The summed E-state index contributed by atoms with van der Waals surface area (Å²) in [4.78, 5) is 7.78. The van der Waals surface area contributed by atoms with Gasteiger partial charge in [-0.1, -0.05) is 30.3 Å². The Bertz CT molecular complexity index is 564. The van der Waals surface area contributed by atoms with Gasteiger partial charge in [0.25, 0.3) is 0 Å². The fourth-order valence-electron chi connectivity index (χ4n) is 2.69. The zero-order valence-electron chi connectivity index (χ0n) is 12.5. The second-order valence-corrected chi connectivity index (χ2v) is 6.56. The van der Waals surface area contributed by atoms with Crippen LogP contribution in [0.3, 0.4) is 0 Å². The molecule has 0 bridgehead atoms. The van der Waals surface area contributed by atoms with Crippen LogP contribution in [0.5, 0.6) is 0 Å². The van der Waals surface area contributed by atoms with Crippen LogP contribution < -0.4 is 5.73 Å². The first-order valence-corrected chi connectivity index (χ1v) is 8.19. The average molecular weight is 340 g/mol. The van der Waals surface area contributed by atoms with Gasteiger partial charge in [-0.3, -0.25) is 4.90 Å². The molecule has 1 saturated heterocycles. The summed E-state index contributed by atoms with van der Waals surface area (Å²) in [7, 11) is 0. The van der Waals surface area contributed by atoms with E-state index in [4.69, 9.17) is 10.5 Å². The van der Waals surface area contributed by atoms with E-state index >= 15 is 0 Å². The molecule has 1 aromatic heterocycles. The molecule has 0 aliphatic carbocycles. The monoisotopic (exact) mass is 339 g/mol. The molecule has 6 heteroatoms. The van der Waals surface area contributed by atoms with Crippen molar-refractivity contribution in [3.8, 4) is 0 Å². The highest BCUT2D eigenvalue weighted by molar-refractivity contribution is 7.15. The summed E-state index contributed by atoms with van der Waals surface area (Å²) in [5.74, 6) is 0. The van der Waals surface area contributed by atoms with E-state index in [-0.39, 0.29) is 12.4 Å². The van der Waals surface area contributed by atoms with Crippen molar-refractivity contribution in [2.45, 2.75) is 25.5 Å². The van der Waals surface area contributed by atoms with Crippen LogP contribution in [0.15, 0.2) is 36.5 Å². The Kier molecular flexibility index (Phi) is 6.64. The number of nitrogen functional groups attached to an aromatic ring is 1. The van der Waals surface area contributed by atoms with Crippen LogP contribution in [-0.2, 0) is 17.7 Å². The van der Waals surface area contributed by atoms with Crippen molar-refractivity contribution in [2.24, 2.45) is 0 Å². The summed E-state index contributed by atoms with van der Waals surface area (Å²) in [6, 6.07) is 10.6. The summed E-state index contributed by atoms with van der Waals surface area (Å²) in [5, 5.41) is 0.652. The van der Waals surface area contributed by atoms with Gasteiger partial charge < -0.3 is 10.5 Å². The number of halogens is 1. The van der Waals surface area contributed by atoms with Crippen LogP contribution >= 0.6 is 23.7 Å². The van der Waals surface area contributed by atoms with E-state index in [1.165, 1.54) is 10.4 Å². The van der Waals surface area contributed by atoms with Gasteiger partial charge in [0, 0.05) is 30.7 Å². The predicted molar refractivity (Wildman–Crippen MR) is 93.6 cm³/mol. The molecular formula is C16H22ClN3OS. The Hall–Kier alpha value is -1.14. The lowest BCUT2D eigenvalue weighted by Gasteiger charge is -2.32. The van der Waals surface area contributed by atoms with Crippen LogP contribution in [0, 0.1) is 0 Å². The number of nitrogens with two attached hydrogens (primary N) is 1. The highest BCUT2D eigenvalue weighted by Gasteiger charge is 2.20. The molecule has 1 unspecified atom stereocenters. The minimum atomic E-state index is 0. The maximum atomic E-state index is 5.89. The largest absolute Gasteiger partial charge is 0.376 e. The Labute approximate surface area is 141 Å². The van der Waals surface area contributed by atoms with Crippen molar-refractivity contribution in [1.29, 1.82) is 0 Å². The number of hydrogen-bond acceptors (Lipinski definition) is 5. The fourth-order valence-corrected chi connectivity index (χ4v) is 3.41. The van der Waals surface area contributed by atoms with Crippen molar-refractivity contribution < 1.29 is 4.74 Å². The normalized spacial score (nSPS) is 18.8. The maximum Gasteiger partial charge on any atom is 0.180 e. The van der Waals surface area contributed by atoms with Crippen molar-refractivity contribution >= 4 is 28.9 Å². The van der Waals surface area contributed by atoms with Crippen LogP contribution in [0.25, 0.3) is 0 Å². The van der Waals surface area contributed by atoms with E-state index in [2.05, 4.69) is 40.2 Å². The zero-order valence-corrected chi connectivity index (χ0v) is 14.1. The van der Waals surface area contributed by atoms with Gasteiger partial charge in [0.15, 0.2) is 5.13 Å². The number of rotatable bonds is 5. The molecule has 1 fully saturated rings. The molecule has 0 saturated carbocycles. The molecule has 1 atom stereocenters. The van der Waals surface area contributed by atoms with E-state index in [0.29, 0.717) is 11.2 Å². The summed E-state index contributed by atoms with van der Waals surface area (Å²) >= 11 is 1.58. The molecular weight excluding hydrogens is 318 g/mol. The van der Waals surface area contributed by atoms with Gasteiger partial charge >= 0.3 is 0 Å². The summed E-state index contributed by atoms with van der Waals surface area (Å²) in [5.41, 5.74) is 7.07. The molecule has 1 aromatic carbocycles. The Morgan fingerprint density at radius 3 is 2.86 bits per heavy atom. The minimum absolute atomic E-state index is 0. The quantitative estimate of drug-likeness (QED) is 0.909. The standard InChI is InChI=1S/C16H21N3OS.ClH/c17-16-18-10-15(21-16)12-19-8-9-20-14(11-19)7-6-13-4-2-1-3-5-13;/h1-5,10,14H,6-9,11-12H2,(H2,17,18);1H. The van der Waals surface area contributed by atoms with Crippen LogP contribution in [0.1, 0.15) is 16.9 Å². The van der Waals surface area contributed by atoms with E-state index < -0.39 is 0 Å². The van der Waals surface area contributed by atoms with Crippen molar-refractivity contribution in [3.05, 3.63) is 47.0 Å². The van der Waals surface area contributed by atoms with E-state index in [0.717, 1.165) is 39.1 Å². The summed E-state index contributed by atoms with van der Waals surface area (Å²) in [6.45, 7) is 3.72. The van der Waals surface area contributed by atoms with Gasteiger partial charge in [0.1, 0.15) is 0 Å². The molecule has 1 aliphatic rings. The molecule has 2 N–H and O–H groups in total. The fraction of sp³-hybridized carbons (Fsp3) is 0.438. The number of aryl methyl sites for hydroxylation is 1. The molecule has 120 valence electrons. The maximum absolute atomic E-state index is 5.89. The van der Waals surface area contributed by atoms with Crippen LogP contribution in [-0.4, -0.2) is 35.7 Å². The summed E-state index contributed by atoms with van der Waals surface area (Å²) < 4.78 is 5.89. The third-order valence-electron chi connectivity index (χ3n) is 3.77. The van der Waals surface area contributed by atoms with Crippen LogP contribution in [0.4, 0.5) is 5.13 Å². The highest BCUT2D eigenvalue weighted by Crippen LogP contribution is 2.19. The number of anilines is 1. The van der Waals surface area contributed by atoms with Gasteiger partial charge in [-0.25, -0.2) is 4.98 Å². The first-order chi connectivity index (χ1) is 10.3. The van der Waals surface area contributed by atoms with Crippen molar-refractivity contribution in [3.63, 3.8) is 0 Å². The number of ether oxygens (including phenoxy) is 1. The van der Waals surface area contributed by atoms with Gasteiger partial charge in [0.2, 0.25) is 0 Å². The smallest absolute Gasteiger partial charge is 0.180 e. The number of aromatic nitrogens is 1. The lowest BCUT2D eigenvalue weighted by molar-refractivity contribution is -0.0342. The SMILES string of the molecule is Cl.Nc1ncc(CN2CCOC(CCc3ccccc3)C2)s1. The van der Waals surface area contributed by atoms with E-state index in [1.54, 1.807) is 11.3 Å². The average Bonchev–Trinajstić information content (AvgIpc) is 2.92. The number of benzene rings is 1. The van der Waals surface area contributed by atoms with Gasteiger partial charge in [-0.05, 0) is 18.4 Å². The number of thiazole rings is 1. The summed E-state index contributed by atoms with van der Waals surface area (Å²) in [6.07, 6.45) is 4.36. The Morgan fingerprint density at radius 1 is 1.32 bits per heavy atom. The molecule has 1 aliphatic heterocycles. The lowest BCUT2D eigenvalue weighted by atomic mass is 10.1. The van der Waals surface area contributed by atoms with E-state index in [9.17, 15) is 0 Å².